The number of hydrogen-bond acceptors (Lipinski definition) is 4. The van der Waals surface area contributed by atoms with Crippen LogP contribution in [0.2, 0.25) is 0 Å². The van der Waals surface area contributed by atoms with Crippen LogP contribution < -0.4 is 16.2 Å². The molecule has 1 heterocycles. The predicted molar refractivity (Wildman–Crippen MR) is 119 cm³/mol. The van der Waals surface area contributed by atoms with Crippen LogP contribution in [0.4, 0.5) is 10.1 Å². The maximum atomic E-state index is 13.3. The van der Waals surface area contributed by atoms with Crippen molar-refractivity contribution < 1.29 is 14.0 Å². The first kappa shape index (κ1) is 20.9. The Kier molecular flexibility index (Phi) is 6.03. The second kappa shape index (κ2) is 9.22. The van der Waals surface area contributed by atoms with Crippen molar-refractivity contribution in [3.8, 4) is 0 Å². The van der Waals surface area contributed by atoms with E-state index >= 15 is 0 Å². The zero-order valence-corrected chi connectivity index (χ0v) is 16.9. The summed E-state index contributed by atoms with van der Waals surface area (Å²) in [6.07, 6.45) is 1.20. The van der Waals surface area contributed by atoms with Gasteiger partial charge in [0.05, 0.1) is 28.5 Å². The first-order valence-corrected chi connectivity index (χ1v) is 9.87. The highest BCUT2D eigenvalue weighted by atomic mass is 19.1. The summed E-state index contributed by atoms with van der Waals surface area (Å²) in [5.41, 5.74) is 1.33. The fourth-order valence-corrected chi connectivity index (χ4v) is 3.25. The molecule has 2 N–H and O–H groups in total. The monoisotopic (exact) mass is 430 g/mol. The third kappa shape index (κ3) is 4.70. The molecule has 0 saturated carbocycles. The number of para-hydroxylation sites is 1. The van der Waals surface area contributed by atoms with E-state index in [0.29, 0.717) is 17.8 Å². The summed E-state index contributed by atoms with van der Waals surface area (Å²) in [5, 5.41) is 5.71. The number of carbonyl (C=O) groups is 2. The van der Waals surface area contributed by atoms with Crippen LogP contribution in [-0.2, 0) is 17.9 Å². The van der Waals surface area contributed by atoms with E-state index in [0.717, 1.165) is 16.2 Å². The number of carbonyl (C=O) groups excluding carboxylic acids is 2. The smallest absolute Gasteiger partial charge is 0.261 e. The summed E-state index contributed by atoms with van der Waals surface area (Å²) in [5.74, 6) is -1.34. The molecule has 32 heavy (non-hydrogen) atoms. The maximum Gasteiger partial charge on any atom is 0.261 e. The van der Waals surface area contributed by atoms with Crippen molar-refractivity contribution in [3.05, 3.63) is 106 Å². The van der Waals surface area contributed by atoms with Crippen molar-refractivity contribution >= 4 is 28.4 Å². The second-order valence-electron chi connectivity index (χ2n) is 7.10. The molecule has 2 amide bonds. The van der Waals surface area contributed by atoms with Crippen molar-refractivity contribution in [3.63, 3.8) is 0 Å². The van der Waals surface area contributed by atoms with Gasteiger partial charge in [-0.2, -0.15) is 0 Å². The Morgan fingerprint density at radius 1 is 0.969 bits per heavy atom. The Labute approximate surface area is 182 Å². The Balaban J connectivity index is 1.48. The average molecular weight is 430 g/mol. The minimum absolute atomic E-state index is 0.211. The van der Waals surface area contributed by atoms with Gasteiger partial charge in [-0.25, -0.2) is 9.37 Å². The Morgan fingerprint density at radius 2 is 1.72 bits per heavy atom. The number of aromatic nitrogens is 2. The standard InChI is InChI=1S/C24H19FN4O3/c25-17-10-11-19-21(12-17)27-15-29(24(19)32)14-22(30)28-20-9-5-4-8-18(20)23(31)26-13-16-6-2-1-3-7-16/h1-12,15H,13-14H2,(H,26,31)(H,28,30). The molecule has 0 aliphatic heterocycles. The van der Waals surface area contributed by atoms with Crippen molar-refractivity contribution in [2.24, 2.45) is 0 Å². The summed E-state index contributed by atoms with van der Waals surface area (Å²) < 4.78 is 14.5. The summed E-state index contributed by atoms with van der Waals surface area (Å²) in [7, 11) is 0. The summed E-state index contributed by atoms with van der Waals surface area (Å²) in [6.45, 7) is 0.0415. The maximum absolute atomic E-state index is 13.3. The average Bonchev–Trinajstić information content (AvgIpc) is 2.80. The fourth-order valence-electron chi connectivity index (χ4n) is 3.25. The number of hydrogen-bond donors (Lipinski definition) is 2. The highest BCUT2D eigenvalue weighted by Crippen LogP contribution is 2.15. The van der Waals surface area contributed by atoms with Gasteiger partial charge in [-0.1, -0.05) is 42.5 Å². The number of fused-ring (bicyclic) bond motifs is 1. The Bertz CT molecular complexity index is 1350. The summed E-state index contributed by atoms with van der Waals surface area (Å²) in [4.78, 5) is 41.9. The third-order valence-electron chi connectivity index (χ3n) is 4.84. The lowest BCUT2D eigenvalue weighted by Crippen LogP contribution is -2.29. The third-order valence-corrected chi connectivity index (χ3v) is 4.84. The first-order valence-electron chi connectivity index (χ1n) is 9.87. The first-order chi connectivity index (χ1) is 15.5. The molecule has 1 aromatic heterocycles. The molecular formula is C24H19FN4O3. The molecule has 0 radical (unpaired) electrons. The number of halogens is 1. The van der Waals surface area contributed by atoms with E-state index in [1.165, 1.54) is 18.5 Å². The largest absolute Gasteiger partial charge is 0.348 e. The van der Waals surface area contributed by atoms with Gasteiger partial charge in [0.2, 0.25) is 5.91 Å². The molecule has 0 saturated heterocycles. The van der Waals surface area contributed by atoms with Crippen LogP contribution in [0.15, 0.2) is 83.9 Å². The van der Waals surface area contributed by atoms with Crippen LogP contribution in [0.5, 0.6) is 0 Å². The number of nitrogens with one attached hydrogen (secondary N) is 2. The minimum Gasteiger partial charge on any atom is -0.348 e. The molecule has 0 unspecified atom stereocenters. The van der Waals surface area contributed by atoms with Gasteiger partial charge in [0, 0.05) is 12.6 Å². The SMILES string of the molecule is O=C(Cn1cnc2cc(F)ccc2c1=O)Nc1ccccc1C(=O)NCc1ccccc1. The van der Waals surface area contributed by atoms with E-state index in [1.54, 1.807) is 24.3 Å². The molecule has 7 nitrogen and oxygen atoms in total. The lowest BCUT2D eigenvalue weighted by Gasteiger charge is -2.12. The number of anilines is 1. The van der Waals surface area contributed by atoms with Gasteiger partial charge in [0.1, 0.15) is 12.4 Å². The van der Waals surface area contributed by atoms with Crippen LogP contribution in [0.3, 0.4) is 0 Å². The van der Waals surface area contributed by atoms with Crippen LogP contribution in [0.1, 0.15) is 15.9 Å². The van der Waals surface area contributed by atoms with E-state index in [-0.39, 0.29) is 23.4 Å². The number of rotatable bonds is 6. The molecule has 0 spiro atoms. The van der Waals surface area contributed by atoms with Crippen LogP contribution in [0.25, 0.3) is 10.9 Å². The topological polar surface area (TPSA) is 93.1 Å². The number of amides is 2. The molecule has 8 heteroatoms. The Hall–Kier alpha value is -4.33. The molecule has 0 bridgehead atoms. The molecule has 0 aliphatic carbocycles. The van der Waals surface area contributed by atoms with E-state index in [9.17, 15) is 18.8 Å². The molecule has 0 atom stereocenters. The molecular weight excluding hydrogens is 411 g/mol. The summed E-state index contributed by atoms with van der Waals surface area (Å²) >= 11 is 0. The molecule has 0 fully saturated rings. The van der Waals surface area contributed by atoms with Crippen molar-refractivity contribution in [2.75, 3.05) is 5.32 Å². The highest BCUT2D eigenvalue weighted by Gasteiger charge is 2.14. The van der Waals surface area contributed by atoms with Crippen molar-refractivity contribution in [2.45, 2.75) is 13.1 Å². The predicted octanol–water partition coefficient (Wildman–Crippen LogP) is 3.10. The van der Waals surface area contributed by atoms with Gasteiger partial charge >= 0.3 is 0 Å². The molecule has 0 aliphatic rings. The minimum atomic E-state index is -0.501. The molecule has 3 aromatic carbocycles. The zero-order chi connectivity index (χ0) is 22.5. The van der Waals surface area contributed by atoms with Gasteiger partial charge in [-0.3, -0.25) is 19.0 Å². The Morgan fingerprint density at radius 3 is 2.53 bits per heavy atom. The highest BCUT2D eigenvalue weighted by molar-refractivity contribution is 6.03. The van der Waals surface area contributed by atoms with Crippen molar-refractivity contribution in [1.82, 2.24) is 14.9 Å². The van der Waals surface area contributed by atoms with Gasteiger partial charge in [-0.15, -0.1) is 0 Å². The lowest BCUT2D eigenvalue weighted by molar-refractivity contribution is -0.116. The van der Waals surface area contributed by atoms with Crippen LogP contribution >= 0.6 is 0 Å². The number of benzene rings is 3. The normalized spacial score (nSPS) is 10.7. The second-order valence-corrected chi connectivity index (χ2v) is 7.10. The lowest BCUT2D eigenvalue weighted by atomic mass is 10.1. The number of nitrogens with zero attached hydrogens (tertiary/aromatic N) is 2. The van der Waals surface area contributed by atoms with Gasteiger partial charge < -0.3 is 10.6 Å². The van der Waals surface area contributed by atoms with Gasteiger partial charge in [0.15, 0.2) is 0 Å². The summed E-state index contributed by atoms with van der Waals surface area (Å²) in [6, 6.07) is 19.7. The molecule has 160 valence electrons. The zero-order valence-electron chi connectivity index (χ0n) is 16.9. The fraction of sp³-hybridized carbons (Fsp3) is 0.0833. The van der Waals surface area contributed by atoms with Gasteiger partial charge in [-0.05, 0) is 29.8 Å². The van der Waals surface area contributed by atoms with Crippen molar-refractivity contribution in [1.29, 1.82) is 0 Å². The van der Waals surface area contributed by atoms with E-state index < -0.39 is 17.3 Å². The van der Waals surface area contributed by atoms with E-state index in [1.807, 2.05) is 30.3 Å². The van der Waals surface area contributed by atoms with Crippen LogP contribution in [-0.4, -0.2) is 21.4 Å². The van der Waals surface area contributed by atoms with Gasteiger partial charge in [0.25, 0.3) is 11.5 Å². The molecule has 4 rings (SSSR count). The van der Waals surface area contributed by atoms with E-state index in [4.69, 9.17) is 0 Å². The van der Waals surface area contributed by atoms with E-state index in [2.05, 4.69) is 15.6 Å². The van der Waals surface area contributed by atoms with Crippen LogP contribution in [0, 0.1) is 5.82 Å². The quantitative estimate of drug-likeness (QED) is 0.492. The molecule has 4 aromatic rings.